The van der Waals surface area contributed by atoms with Gasteiger partial charge < -0.3 is 29.5 Å². The first-order valence-electron chi connectivity index (χ1n) is 11.3. The minimum atomic E-state index is -2.24. The maximum Gasteiger partial charge on any atom is 0.340 e. The van der Waals surface area contributed by atoms with E-state index in [0.717, 1.165) is 0 Å². The fraction of sp³-hybridized carbons (Fsp3) is 0.520. The lowest BCUT2D eigenvalue weighted by molar-refractivity contribution is -0.270. The molecule has 1 saturated heterocycles. The summed E-state index contributed by atoms with van der Waals surface area (Å²) in [6, 6.07) is 0. The summed E-state index contributed by atoms with van der Waals surface area (Å²) in [5, 5.41) is 32.3. The van der Waals surface area contributed by atoms with Gasteiger partial charge in [0, 0.05) is 23.5 Å². The zero-order valence-electron chi connectivity index (χ0n) is 19.8. The van der Waals surface area contributed by atoms with Gasteiger partial charge in [-0.05, 0) is 39.3 Å². The van der Waals surface area contributed by atoms with Gasteiger partial charge in [-0.1, -0.05) is 18.2 Å². The summed E-state index contributed by atoms with van der Waals surface area (Å²) in [5.41, 5.74) is -6.55. The molecule has 10 heteroatoms. The van der Waals surface area contributed by atoms with E-state index in [1.807, 2.05) is 0 Å². The highest BCUT2D eigenvalue weighted by Crippen LogP contribution is 2.61. The number of Topliss-reactive ketones (excluding diaryl/α,β-unsaturated/α-hetero) is 2. The molecule has 2 bridgehead atoms. The number of hydrogen-bond acceptors (Lipinski definition) is 10. The predicted molar refractivity (Wildman–Crippen MR) is 119 cm³/mol. The minimum absolute atomic E-state index is 0.0949. The van der Waals surface area contributed by atoms with Crippen molar-refractivity contribution >= 4 is 23.5 Å². The molecule has 0 amide bonds. The van der Waals surface area contributed by atoms with Crippen molar-refractivity contribution in [2.24, 2.45) is 11.3 Å². The van der Waals surface area contributed by atoms with Gasteiger partial charge in [-0.3, -0.25) is 9.59 Å². The third kappa shape index (κ3) is 3.27. The molecule has 4 aliphatic carbocycles. The monoisotopic (exact) mass is 488 g/mol. The van der Waals surface area contributed by atoms with E-state index in [-0.39, 0.29) is 24.0 Å². The van der Waals surface area contributed by atoms with Crippen molar-refractivity contribution in [1.29, 1.82) is 0 Å². The number of allylic oxidation sites excluding steroid dienone is 4. The number of aliphatic hydroxyl groups excluding tert-OH is 2. The van der Waals surface area contributed by atoms with Gasteiger partial charge in [-0.15, -0.1) is 0 Å². The Labute approximate surface area is 201 Å². The van der Waals surface area contributed by atoms with E-state index >= 15 is 0 Å². The first-order valence-corrected chi connectivity index (χ1v) is 11.3. The second-order valence-electron chi connectivity index (χ2n) is 9.61. The van der Waals surface area contributed by atoms with E-state index < -0.39 is 70.1 Å². The number of aliphatic hydroxyl groups is 3. The van der Waals surface area contributed by atoms with Crippen LogP contribution in [-0.4, -0.2) is 75.4 Å². The molecule has 1 spiro atoms. The molecule has 35 heavy (non-hydrogen) atoms. The summed E-state index contributed by atoms with van der Waals surface area (Å²) in [6.07, 6.45) is 3.37. The predicted octanol–water partition coefficient (Wildman–Crippen LogP) is 0.773. The molecule has 5 rings (SSSR count). The van der Waals surface area contributed by atoms with Crippen LogP contribution in [0.25, 0.3) is 0 Å². The van der Waals surface area contributed by atoms with Crippen molar-refractivity contribution in [2.75, 3.05) is 7.11 Å². The minimum Gasteiger partial charge on any atom is -0.508 e. The van der Waals surface area contributed by atoms with Gasteiger partial charge in [0.25, 0.3) is 0 Å². The van der Waals surface area contributed by atoms with Crippen LogP contribution in [0.3, 0.4) is 0 Å². The van der Waals surface area contributed by atoms with Crippen LogP contribution in [-0.2, 0) is 33.4 Å². The molecule has 5 aliphatic rings. The van der Waals surface area contributed by atoms with E-state index in [2.05, 4.69) is 0 Å². The molecule has 0 aromatic heterocycles. The van der Waals surface area contributed by atoms with Crippen LogP contribution in [0, 0.1) is 11.3 Å². The summed E-state index contributed by atoms with van der Waals surface area (Å²) >= 11 is 0. The van der Waals surface area contributed by atoms with E-state index in [9.17, 15) is 34.5 Å². The maximum absolute atomic E-state index is 13.7. The molecular weight excluding hydrogens is 460 g/mol. The average molecular weight is 488 g/mol. The van der Waals surface area contributed by atoms with Crippen LogP contribution >= 0.6 is 0 Å². The van der Waals surface area contributed by atoms with Gasteiger partial charge in [0.2, 0.25) is 0 Å². The quantitative estimate of drug-likeness (QED) is 0.170. The molecule has 7 unspecified atom stereocenters. The fourth-order valence-corrected chi connectivity index (χ4v) is 5.68. The summed E-state index contributed by atoms with van der Waals surface area (Å²) < 4.78 is 16.4. The van der Waals surface area contributed by atoms with E-state index in [0.29, 0.717) is 0 Å². The lowest BCUT2D eigenvalue weighted by Gasteiger charge is -2.61. The maximum atomic E-state index is 13.7. The topological polar surface area (TPSA) is 157 Å². The largest absolute Gasteiger partial charge is 0.508 e. The zero-order chi connectivity index (χ0) is 25.9. The molecule has 0 radical (unpaired) electrons. The number of ketones is 2. The molecule has 0 aromatic carbocycles. The van der Waals surface area contributed by atoms with Crippen LogP contribution in [0.1, 0.15) is 33.6 Å². The van der Waals surface area contributed by atoms with Gasteiger partial charge in [-0.25, -0.2) is 9.59 Å². The Balaban J connectivity index is 1.84. The van der Waals surface area contributed by atoms with E-state index in [4.69, 9.17) is 14.2 Å². The number of fused-ring (bicyclic) bond motifs is 3. The molecular formula is C25H28O10. The van der Waals surface area contributed by atoms with Gasteiger partial charge in [-0.2, -0.15) is 0 Å². The molecule has 0 aromatic rings. The van der Waals surface area contributed by atoms with Crippen molar-refractivity contribution in [1.82, 2.24) is 0 Å². The summed E-state index contributed by atoms with van der Waals surface area (Å²) in [7, 11) is 1.18. The Morgan fingerprint density at radius 3 is 2.54 bits per heavy atom. The van der Waals surface area contributed by atoms with Gasteiger partial charge in [0.1, 0.15) is 22.9 Å². The summed E-state index contributed by atoms with van der Waals surface area (Å²) in [4.78, 5) is 52.7. The highest BCUT2D eigenvalue weighted by molar-refractivity contribution is 6.25. The van der Waals surface area contributed by atoms with Gasteiger partial charge >= 0.3 is 11.9 Å². The Kier molecular flexibility index (Phi) is 5.90. The summed E-state index contributed by atoms with van der Waals surface area (Å²) in [6.45, 7) is 4.19. The number of carbonyl (C=O) groups is 4. The number of methoxy groups -OCH3 is 1. The average Bonchev–Trinajstić information content (AvgIpc) is 2.81. The lowest BCUT2D eigenvalue weighted by atomic mass is 9.45. The molecule has 4 fully saturated rings. The van der Waals surface area contributed by atoms with Crippen LogP contribution in [0.15, 0.2) is 47.3 Å². The van der Waals surface area contributed by atoms with Crippen LogP contribution in [0.5, 0.6) is 0 Å². The smallest absolute Gasteiger partial charge is 0.340 e. The number of esters is 2. The second-order valence-corrected chi connectivity index (χ2v) is 9.61. The third-order valence-corrected chi connectivity index (χ3v) is 7.63. The van der Waals surface area contributed by atoms with Crippen molar-refractivity contribution in [3.05, 3.63) is 47.3 Å². The molecule has 3 saturated carbocycles. The van der Waals surface area contributed by atoms with Crippen LogP contribution in [0.4, 0.5) is 0 Å². The highest BCUT2D eigenvalue weighted by atomic mass is 16.6. The second kappa shape index (κ2) is 8.25. The number of carbonyl (C=O) groups excluding carboxylic acids is 4. The molecule has 3 N–H and O–H groups in total. The number of ether oxygens (including phenoxy) is 3. The molecule has 10 nitrogen and oxygen atoms in total. The van der Waals surface area contributed by atoms with E-state index in [1.54, 1.807) is 19.1 Å². The van der Waals surface area contributed by atoms with Crippen molar-refractivity contribution in [3.63, 3.8) is 0 Å². The normalized spacial score (nSPS) is 42.3. The Morgan fingerprint density at radius 2 is 1.91 bits per heavy atom. The highest BCUT2D eigenvalue weighted by Gasteiger charge is 2.79. The Hall–Kier alpha value is -3.08. The fourth-order valence-electron chi connectivity index (χ4n) is 5.68. The zero-order valence-corrected chi connectivity index (χ0v) is 19.8. The Bertz CT molecular complexity index is 1130. The Morgan fingerprint density at radius 1 is 1.23 bits per heavy atom. The first-order chi connectivity index (χ1) is 16.4. The third-order valence-electron chi connectivity index (χ3n) is 7.63. The lowest BCUT2D eigenvalue weighted by Crippen LogP contribution is -2.79. The van der Waals surface area contributed by atoms with Gasteiger partial charge in [0.05, 0.1) is 13.2 Å². The summed E-state index contributed by atoms with van der Waals surface area (Å²) in [5.74, 6) is -5.25. The van der Waals surface area contributed by atoms with Crippen molar-refractivity contribution in [2.45, 2.75) is 63.1 Å². The standard InChI is InChI=1S/C25H28O10/c1-5-6-7-8-14(26)17-13-11-25(23(2,19(17)28)21(30)24(13,3)32)22(31)34-18-15(27)9-12(20(29)33-4)10-16(18)35-25/h5-8,10,13,15-16,18,26-27,32H,9,11H2,1-4H3/b6-5+,8-7+,17-14-. The van der Waals surface area contributed by atoms with Crippen LogP contribution < -0.4 is 0 Å². The molecule has 1 aliphatic heterocycles. The SMILES string of the molecule is C/C=C/C=C/C(O)=C1/C(=O)C2(C)C(=O)C(C)(O)C1CC21OC2C=C(C(=O)OC)CC(O)C2OC1=O. The molecule has 7 atom stereocenters. The van der Waals surface area contributed by atoms with Crippen molar-refractivity contribution < 1.29 is 48.7 Å². The first kappa shape index (κ1) is 25.0. The molecule has 188 valence electrons. The van der Waals surface area contributed by atoms with Crippen LogP contribution in [0.2, 0.25) is 0 Å². The number of hydrogen-bond donors (Lipinski definition) is 3. The number of rotatable bonds is 3. The molecule has 1 heterocycles. The van der Waals surface area contributed by atoms with Gasteiger partial charge in [0.15, 0.2) is 23.3 Å². The van der Waals surface area contributed by atoms with E-state index in [1.165, 1.54) is 39.2 Å². The van der Waals surface area contributed by atoms with Crippen molar-refractivity contribution in [3.8, 4) is 0 Å².